The first-order chi connectivity index (χ1) is 9.61. The van der Waals surface area contributed by atoms with Crippen molar-refractivity contribution >= 4 is 5.69 Å². The number of nitrogen functional groups attached to an aromatic ring is 1. The van der Waals surface area contributed by atoms with Gasteiger partial charge in [0.05, 0.1) is 0 Å². The predicted octanol–water partition coefficient (Wildman–Crippen LogP) is 4.93. The topological polar surface area (TPSA) is 26.0 Å². The van der Waals surface area contributed by atoms with Gasteiger partial charge in [0.1, 0.15) is 0 Å². The summed E-state index contributed by atoms with van der Waals surface area (Å²) >= 11 is 0. The third-order valence-corrected chi connectivity index (χ3v) is 6.34. The van der Waals surface area contributed by atoms with Gasteiger partial charge in [0.15, 0.2) is 0 Å². The molecule has 0 aromatic heterocycles. The lowest BCUT2D eigenvalue weighted by Gasteiger charge is -2.54. The first kappa shape index (κ1) is 12.7. The predicted molar refractivity (Wildman–Crippen MR) is 84.7 cm³/mol. The summed E-state index contributed by atoms with van der Waals surface area (Å²) < 4.78 is 0. The van der Waals surface area contributed by atoms with E-state index in [4.69, 9.17) is 5.73 Å². The van der Waals surface area contributed by atoms with Crippen LogP contribution in [0.2, 0.25) is 0 Å². The van der Waals surface area contributed by atoms with Gasteiger partial charge in [-0.1, -0.05) is 26.0 Å². The quantitative estimate of drug-likeness (QED) is 0.757. The molecule has 1 aromatic rings. The molecule has 5 rings (SSSR count). The molecule has 0 spiro atoms. The van der Waals surface area contributed by atoms with E-state index in [1.807, 2.05) is 0 Å². The van der Waals surface area contributed by atoms with Gasteiger partial charge in [-0.05, 0) is 84.8 Å². The van der Waals surface area contributed by atoms with Crippen molar-refractivity contribution in [2.75, 3.05) is 5.73 Å². The van der Waals surface area contributed by atoms with Crippen LogP contribution in [0.5, 0.6) is 0 Å². The molecule has 0 heterocycles. The Bertz CT molecular complexity index is 488. The second-order valence-electron chi connectivity index (χ2n) is 8.00. The van der Waals surface area contributed by atoms with Crippen LogP contribution in [-0.2, 0) is 0 Å². The van der Waals surface area contributed by atoms with E-state index in [-0.39, 0.29) is 0 Å². The lowest BCUT2D eigenvalue weighted by Crippen LogP contribution is -2.43. The molecule has 2 N–H and O–H groups in total. The van der Waals surface area contributed by atoms with E-state index in [0.29, 0.717) is 5.92 Å². The Kier molecular flexibility index (Phi) is 2.87. The minimum Gasteiger partial charge on any atom is -0.398 e. The molecule has 0 saturated heterocycles. The van der Waals surface area contributed by atoms with E-state index >= 15 is 0 Å². The molecule has 1 nitrogen and oxygen atoms in total. The van der Waals surface area contributed by atoms with E-state index in [2.05, 4.69) is 32.0 Å². The standard InChI is InChI=1S/C19H27N/c1-11(2)17-4-3-14(10-18(17)20)19-15-6-12-5-13(8-15)9-16(19)7-12/h3-4,10-13,15-16,19H,5-9,20H2,1-2H3. The second kappa shape index (κ2) is 4.51. The van der Waals surface area contributed by atoms with Gasteiger partial charge in [-0.25, -0.2) is 0 Å². The first-order valence-electron chi connectivity index (χ1n) is 8.51. The fraction of sp³-hybridized carbons (Fsp3) is 0.684. The summed E-state index contributed by atoms with van der Waals surface area (Å²) in [4.78, 5) is 0. The lowest BCUT2D eigenvalue weighted by atomic mass is 9.51. The molecule has 4 aliphatic rings. The zero-order valence-electron chi connectivity index (χ0n) is 12.8. The molecule has 0 radical (unpaired) electrons. The highest BCUT2D eigenvalue weighted by Gasteiger charge is 2.48. The SMILES string of the molecule is CC(C)c1ccc(C2C3CC4CC(C3)CC2C4)cc1N. The highest BCUT2D eigenvalue weighted by molar-refractivity contribution is 5.51. The number of rotatable bonds is 2. The van der Waals surface area contributed by atoms with Crippen LogP contribution in [0.1, 0.15) is 68.9 Å². The van der Waals surface area contributed by atoms with E-state index in [1.54, 1.807) is 5.56 Å². The molecule has 20 heavy (non-hydrogen) atoms. The van der Waals surface area contributed by atoms with Crippen molar-refractivity contribution in [2.45, 2.75) is 57.8 Å². The van der Waals surface area contributed by atoms with Crippen molar-refractivity contribution in [3.8, 4) is 0 Å². The molecular weight excluding hydrogens is 242 g/mol. The van der Waals surface area contributed by atoms with Gasteiger partial charge >= 0.3 is 0 Å². The van der Waals surface area contributed by atoms with Crippen LogP contribution in [-0.4, -0.2) is 0 Å². The highest BCUT2D eigenvalue weighted by Crippen LogP contribution is 2.59. The van der Waals surface area contributed by atoms with Crippen LogP contribution in [0.4, 0.5) is 5.69 Å². The Morgan fingerprint density at radius 1 is 0.950 bits per heavy atom. The summed E-state index contributed by atoms with van der Waals surface area (Å²) in [5.41, 5.74) is 10.2. The van der Waals surface area contributed by atoms with Gasteiger partial charge in [0, 0.05) is 5.69 Å². The third kappa shape index (κ3) is 1.89. The molecule has 0 atom stereocenters. The molecule has 0 aliphatic heterocycles. The van der Waals surface area contributed by atoms with Crippen molar-refractivity contribution in [3.63, 3.8) is 0 Å². The number of anilines is 1. The summed E-state index contributed by atoms with van der Waals surface area (Å²) in [6, 6.07) is 6.99. The summed E-state index contributed by atoms with van der Waals surface area (Å²) in [5.74, 6) is 5.36. The molecule has 0 amide bonds. The largest absolute Gasteiger partial charge is 0.398 e. The molecule has 4 aliphatic carbocycles. The van der Waals surface area contributed by atoms with Crippen molar-refractivity contribution in [3.05, 3.63) is 29.3 Å². The molecule has 4 saturated carbocycles. The van der Waals surface area contributed by atoms with Gasteiger partial charge in [0.2, 0.25) is 0 Å². The maximum absolute atomic E-state index is 6.32. The molecule has 4 fully saturated rings. The van der Waals surface area contributed by atoms with Crippen LogP contribution in [0.3, 0.4) is 0 Å². The number of benzene rings is 1. The van der Waals surface area contributed by atoms with Crippen LogP contribution >= 0.6 is 0 Å². The van der Waals surface area contributed by atoms with E-state index < -0.39 is 0 Å². The van der Waals surface area contributed by atoms with Crippen LogP contribution < -0.4 is 5.73 Å². The fourth-order valence-corrected chi connectivity index (χ4v) is 5.80. The zero-order valence-corrected chi connectivity index (χ0v) is 12.8. The van der Waals surface area contributed by atoms with Crippen molar-refractivity contribution < 1.29 is 0 Å². The fourth-order valence-electron chi connectivity index (χ4n) is 5.80. The van der Waals surface area contributed by atoms with Gasteiger partial charge in [-0.15, -0.1) is 0 Å². The molecule has 0 unspecified atom stereocenters. The monoisotopic (exact) mass is 269 g/mol. The Labute approximate surface area is 122 Å². The maximum Gasteiger partial charge on any atom is 0.0352 e. The number of hydrogen-bond acceptors (Lipinski definition) is 1. The molecule has 108 valence electrons. The average molecular weight is 269 g/mol. The maximum atomic E-state index is 6.32. The van der Waals surface area contributed by atoms with Crippen molar-refractivity contribution in [1.29, 1.82) is 0 Å². The van der Waals surface area contributed by atoms with Crippen LogP contribution in [0.15, 0.2) is 18.2 Å². The van der Waals surface area contributed by atoms with Gasteiger partial charge in [0.25, 0.3) is 0 Å². The Hall–Kier alpha value is -0.980. The van der Waals surface area contributed by atoms with Gasteiger partial charge < -0.3 is 5.73 Å². The molecular formula is C19H27N. The summed E-state index contributed by atoms with van der Waals surface area (Å²) in [6.45, 7) is 4.46. The van der Waals surface area contributed by atoms with E-state index in [0.717, 1.165) is 35.3 Å². The minimum absolute atomic E-state index is 0.530. The number of hydrogen-bond donors (Lipinski definition) is 1. The first-order valence-corrected chi connectivity index (χ1v) is 8.51. The Balaban J connectivity index is 1.66. The minimum atomic E-state index is 0.530. The molecule has 1 heteroatoms. The van der Waals surface area contributed by atoms with Gasteiger partial charge in [-0.2, -0.15) is 0 Å². The van der Waals surface area contributed by atoms with Crippen LogP contribution in [0.25, 0.3) is 0 Å². The normalized spacial score (nSPS) is 38.6. The summed E-state index contributed by atoms with van der Waals surface area (Å²) in [7, 11) is 0. The average Bonchev–Trinajstić information content (AvgIpc) is 2.37. The molecule has 4 bridgehead atoms. The number of nitrogens with two attached hydrogens (primary N) is 1. The van der Waals surface area contributed by atoms with Crippen molar-refractivity contribution in [1.82, 2.24) is 0 Å². The Morgan fingerprint density at radius 2 is 1.55 bits per heavy atom. The van der Waals surface area contributed by atoms with Crippen LogP contribution in [0, 0.1) is 23.7 Å². The lowest BCUT2D eigenvalue weighted by molar-refractivity contribution is -0.00276. The highest BCUT2D eigenvalue weighted by atomic mass is 14.6. The van der Waals surface area contributed by atoms with E-state index in [9.17, 15) is 0 Å². The third-order valence-electron chi connectivity index (χ3n) is 6.34. The van der Waals surface area contributed by atoms with Crippen molar-refractivity contribution in [2.24, 2.45) is 23.7 Å². The Morgan fingerprint density at radius 3 is 2.05 bits per heavy atom. The van der Waals surface area contributed by atoms with E-state index in [1.165, 1.54) is 37.7 Å². The summed E-state index contributed by atoms with van der Waals surface area (Å²) in [6.07, 6.45) is 7.49. The second-order valence-corrected chi connectivity index (χ2v) is 8.00. The smallest absolute Gasteiger partial charge is 0.0352 e. The zero-order chi connectivity index (χ0) is 13.9. The van der Waals surface area contributed by atoms with Gasteiger partial charge in [-0.3, -0.25) is 0 Å². The summed E-state index contributed by atoms with van der Waals surface area (Å²) in [5, 5.41) is 0. The molecule has 1 aromatic carbocycles.